The van der Waals surface area contributed by atoms with Crippen LogP contribution in [0.1, 0.15) is 13.8 Å². The van der Waals surface area contributed by atoms with E-state index < -0.39 is 0 Å². The van der Waals surface area contributed by atoms with Crippen LogP contribution in [0.5, 0.6) is 0 Å². The molecule has 3 N–H and O–H groups in total. The molecule has 2 rings (SSSR count). The molecule has 4 nitrogen and oxygen atoms in total. The molecule has 0 atom stereocenters. The lowest BCUT2D eigenvalue weighted by Crippen LogP contribution is -2.39. The number of nitrogens with one attached hydrogen (secondary N) is 1. The third-order valence-corrected chi connectivity index (χ3v) is 2.33. The number of anilines is 1. The van der Waals surface area contributed by atoms with E-state index in [2.05, 4.69) is 10.3 Å². The maximum absolute atomic E-state index is 5.92. The Hall–Kier alpha value is -1.52. The minimum Gasteiger partial charge on any atom is -0.444 e. The van der Waals surface area contributed by atoms with Crippen LogP contribution in [0.2, 0.25) is 0 Å². The van der Waals surface area contributed by atoms with Crippen molar-refractivity contribution in [3.8, 4) is 11.3 Å². The maximum atomic E-state index is 5.92. The highest BCUT2D eigenvalue weighted by Crippen LogP contribution is 2.22. The molecule has 0 radical (unpaired) electrons. The van der Waals surface area contributed by atoms with Crippen LogP contribution in [-0.2, 0) is 0 Å². The van der Waals surface area contributed by atoms with Gasteiger partial charge in [0.15, 0.2) is 12.2 Å². The molecule has 0 saturated heterocycles. The second kappa shape index (κ2) is 5.89. The molecule has 0 fully saturated rings. The summed E-state index contributed by atoms with van der Waals surface area (Å²) in [4.78, 5) is 3.91. The first-order chi connectivity index (χ1) is 8.04. The Labute approximate surface area is 113 Å². The zero-order chi connectivity index (χ0) is 12.3. The molecule has 0 aliphatic rings. The standard InChI is InChI=1S/C13H17N3O.ClH/c1-13(2,14)8-16-11-5-3-4-10(6-11)12-7-15-9-17-12;/h3-7,9,16H,8,14H2,1-2H3;1H. The van der Waals surface area contributed by atoms with Gasteiger partial charge in [0, 0.05) is 23.3 Å². The summed E-state index contributed by atoms with van der Waals surface area (Å²) >= 11 is 0. The Morgan fingerprint density at radius 3 is 2.78 bits per heavy atom. The Morgan fingerprint density at radius 1 is 1.39 bits per heavy atom. The van der Waals surface area contributed by atoms with E-state index in [1.54, 1.807) is 6.20 Å². The molecule has 1 aromatic heterocycles. The van der Waals surface area contributed by atoms with E-state index in [1.807, 2.05) is 38.1 Å². The predicted molar refractivity (Wildman–Crippen MR) is 75.9 cm³/mol. The van der Waals surface area contributed by atoms with Crippen LogP contribution in [0.25, 0.3) is 11.3 Å². The summed E-state index contributed by atoms with van der Waals surface area (Å²) in [6, 6.07) is 7.99. The molecule has 0 saturated carbocycles. The Balaban J connectivity index is 0.00000162. The third kappa shape index (κ3) is 4.05. The molecule has 0 aliphatic heterocycles. The van der Waals surface area contributed by atoms with Crippen molar-refractivity contribution in [2.24, 2.45) is 5.73 Å². The monoisotopic (exact) mass is 267 g/mol. The summed E-state index contributed by atoms with van der Waals surface area (Å²) in [7, 11) is 0. The highest BCUT2D eigenvalue weighted by atomic mass is 35.5. The fraction of sp³-hybridized carbons (Fsp3) is 0.308. The molecule has 0 spiro atoms. The summed E-state index contributed by atoms with van der Waals surface area (Å²) in [5.41, 5.74) is 7.72. The fourth-order valence-electron chi connectivity index (χ4n) is 1.47. The van der Waals surface area contributed by atoms with Gasteiger partial charge in [-0.1, -0.05) is 12.1 Å². The summed E-state index contributed by atoms with van der Waals surface area (Å²) in [5, 5.41) is 3.30. The average Bonchev–Trinajstić information content (AvgIpc) is 2.79. The Kier molecular flexibility index (Phi) is 4.76. The van der Waals surface area contributed by atoms with Crippen LogP contribution in [-0.4, -0.2) is 17.1 Å². The van der Waals surface area contributed by atoms with Gasteiger partial charge in [0.2, 0.25) is 0 Å². The lowest BCUT2D eigenvalue weighted by molar-refractivity contribution is 0.549. The van der Waals surface area contributed by atoms with Crippen LogP contribution in [0.4, 0.5) is 5.69 Å². The number of hydrogen-bond acceptors (Lipinski definition) is 4. The zero-order valence-corrected chi connectivity index (χ0v) is 11.3. The molecule has 1 aromatic carbocycles. The molecule has 18 heavy (non-hydrogen) atoms. The summed E-state index contributed by atoms with van der Waals surface area (Å²) in [6.45, 7) is 4.69. The van der Waals surface area contributed by atoms with E-state index in [-0.39, 0.29) is 17.9 Å². The van der Waals surface area contributed by atoms with Crippen molar-refractivity contribution in [1.82, 2.24) is 4.98 Å². The molecular formula is C13H18ClN3O. The number of benzene rings is 1. The normalized spacial score (nSPS) is 10.8. The minimum absolute atomic E-state index is 0. The van der Waals surface area contributed by atoms with Crippen LogP contribution < -0.4 is 11.1 Å². The molecule has 0 bridgehead atoms. The molecule has 0 unspecified atom stereocenters. The van der Waals surface area contributed by atoms with Gasteiger partial charge >= 0.3 is 0 Å². The van der Waals surface area contributed by atoms with Gasteiger partial charge in [0.25, 0.3) is 0 Å². The Morgan fingerprint density at radius 2 is 2.17 bits per heavy atom. The van der Waals surface area contributed by atoms with Crippen LogP contribution >= 0.6 is 12.4 Å². The van der Waals surface area contributed by atoms with Gasteiger partial charge in [-0.25, -0.2) is 4.98 Å². The van der Waals surface area contributed by atoms with E-state index in [0.29, 0.717) is 6.54 Å². The second-order valence-corrected chi connectivity index (χ2v) is 4.79. The molecule has 1 heterocycles. The number of nitrogens with zero attached hydrogens (tertiary/aromatic N) is 1. The van der Waals surface area contributed by atoms with E-state index >= 15 is 0 Å². The number of oxazole rings is 1. The Bertz CT molecular complexity index is 477. The number of aromatic nitrogens is 1. The lowest BCUT2D eigenvalue weighted by atomic mass is 10.1. The van der Waals surface area contributed by atoms with Gasteiger partial charge in [-0.3, -0.25) is 0 Å². The van der Waals surface area contributed by atoms with E-state index in [0.717, 1.165) is 17.0 Å². The predicted octanol–water partition coefficient (Wildman–Crippen LogP) is 2.91. The highest BCUT2D eigenvalue weighted by Gasteiger charge is 2.10. The van der Waals surface area contributed by atoms with Crippen molar-refractivity contribution in [3.05, 3.63) is 36.9 Å². The van der Waals surface area contributed by atoms with Gasteiger partial charge in [-0.05, 0) is 26.0 Å². The van der Waals surface area contributed by atoms with Crippen molar-refractivity contribution < 1.29 is 4.42 Å². The number of hydrogen-bond donors (Lipinski definition) is 2. The zero-order valence-electron chi connectivity index (χ0n) is 10.5. The molecule has 0 aliphatic carbocycles. The van der Waals surface area contributed by atoms with Gasteiger partial charge < -0.3 is 15.5 Å². The van der Waals surface area contributed by atoms with Crippen molar-refractivity contribution >= 4 is 18.1 Å². The van der Waals surface area contributed by atoms with Crippen LogP contribution in [0, 0.1) is 0 Å². The van der Waals surface area contributed by atoms with Crippen molar-refractivity contribution in [2.75, 3.05) is 11.9 Å². The number of halogens is 1. The smallest absolute Gasteiger partial charge is 0.181 e. The van der Waals surface area contributed by atoms with Gasteiger partial charge in [-0.15, -0.1) is 12.4 Å². The maximum Gasteiger partial charge on any atom is 0.181 e. The molecule has 5 heteroatoms. The minimum atomic E-state index is -0.234. The largest absolute Gasteiger partial charge is 0.444 e. The first kappa shape index (κ1) is 14.5. The summed E-state index contributed by atoms with van der Waals surface area (Å²) in [5.74, 6) is 0.764. The second-order valence-electron chi connectivity index (χ2n) is 4.79. The molecule has 0 amide bonds. The van der Waals surface area contributed by atoms with Crippen molar-refractivity contribution in [1.29, 1.82) is 0 Å². The highest BCUT2D eigenvalue weighted by molar-refractivity contribution is 5.85. The number of rotatable bonds is 4. The van der Waals surface area contributed by atoms with Crippen molar-refractivity contribution in [3.63, 3.8) is 0 Å². The molecule has 98 valence electrons. The van der Waals surface area contributed by atoms with Crippen LogP contribution in [0.15, 0.2) is 41.3 Å². The van der Waals surface area contributed by atoms with E-state index in [1.165, 1.54) is 6.39 Å². The quantitative estimate of drug-likeness (QED) is 0.894. The molecule has 2 aromatic rings. The van der Waals surface area contributed by atoms with Crippen molar-refractivity contribution in [2.45, 2.75) is 19.4 Å². The van der Waals surface area contributed by atoms with Gasteiger partial charge in [0.1, 0.15) is 0 Å². The SMILES string of the molecule is CC(C)(N)CNc1cccc(-c2cnco2)c1.Cl. The third-order valence-electron chi connectivity index (χ3n) is 2.33. The van der Waals surface area contributed by atoms with E-state index in [4.69, 9.17) is 10.2 Å². The first-order valence-corrected chi connectivity index (χ1v) is 5.56. The van der Waals surface area contributed by atoms with Crippen LogP contribution in [0.3, 0.4) is 0 Å². The molecular weight excluding hydrogens is 250 g/mol. The summed E-state index contributed by atoms with van der Waals surface area (Å²) < 4.78 is 5.26. The topological polar surface area (TPSA) is 64.1 Å². The first-order valence-electron chi connectivity index (χ1n) is 5.56. The van der Waals surface area contributed by atoms with E-state index in [9.17, 15) is 0 Å². The summed E-state index contributed by atoms with van der Waals surface area (Å²) in [6.07, 6.45) is 3.13. The van der Waals surface area contributed by atoms with Gasteiger partial charge in [0.05, 0.1) is 6.20 Å². The van der Waals surface area contributed by atoms with Gasteiger partial charge in [-0.2, -0.15) is 0 Å². The lowest BCUT2D eigenvalue weighted by Gasteiger charge is -2.19. The average molecular weight is 268 g/mol. The number of nitrogens with two attached hydrogens (primary N) is 1. The fourth-order valence-corrected chi connectivity index (χ4v) is 1.47.